The number of nitrogens with one attached hydrogen (secondary N) is 1. The molecule has 0 unspecified atom stereocenters. The van der Waals surface area contributed by atoms with Gasteiger partial charge in [0.25, 0.3) is 0 Å². The molecule has 0 aliphatic carbocycles. The van der Waals surface area contributed by atoms with Crippen molar-refractivity contribution in [3.8, 4) is 5.82 Å². The molecule has 0 aliphatic rings. The van der Waals surface area contributed by atoms with Gasteiger partial charge in [-0.15, -0.1) is 0 Å². The monoisotopic (exact) mass is 355 g/mol. The zero-order valence-electron chi connectivity index (χ0n) is 14.6. The van der Waals surface area contributed by atoms with Gasteiger partial charge in [-0.2, -0.15) is 10.1 Å². The highest BCUT2D eigenvalue weighted by Gasteiger charge is 2.10. The van der Waals surface area contributed by atoms with Crippen molar-refractivity contribution < 1.29 is 9.32 Å². The zero-order chi connectivity index (χ0) is 18.2. The minimum absolute atomic E-state index is 0.0355. The summed E-state index contributed by atoms with van der Waals surface area (Å²) in [5, 5.41) is 10.9. The lowest BCUT2D eigenvalue weighted by molar-refractivity contribution is -0.121. The van der Waals surface area contributed by atoms with Gasteiger partial charge in [-0.1, -0.05) is 18.1 Å². The van der Waals surface area contributed by atoms with Gasteiger partial charge in [-0.3, -0.25) is 4.79 Å². The summed E-state index contributed by atoms with van der Waals surface area (Å²) in [6.07, 6.45) is 8.13. The Morgan fingerprint density at radius 2 is 2.27 bits per heavy atom. The smallest absolute Gasteiger partial charge is 0.226 e. The molecule has 3 aromatic heterocycles. The molecule has 26 heavy (non-hydrogen) atoms. The van der Waals surface area contributed by atoms with Crippen molar-refractivity contribution >= 4 is 5.91 Å². The standard InChI is InChI=1S/C17H21N7O2/c1-2-5-14-22-16(26-23-14)8-3-7-15(25)20-10-13-6-4-9-19-17(13)24-12-18-11-21-24/h4,6,9,11-12H,2-3,5,7-8,10H2,1H3,(H,20,25). The van der Waals surface area contributed by atoms with Crippen LogP contribution in [0.15, 0.2) is 35.5 Å². The summed E-state index contributed by atoms with van der Waals surface area (Å²) >= 11 is 0. The fourth-order valence-corrected chi connectivity index (χ4v) is 2.49. The lowest BCUT2D eigenvalue weighted by atomic mass is 10.2. The van der Waals surface area contributed by atoms with Crippen LogP contribution in [0.4, 0.5) is 0 Å². The van der Waals surface area contributed by atoms with Crippen molar-refractivity contribution in [2.24, 2.45) is 0 Å². The number of amides is 1. The Morgan fingerprint density at radius 1 is 1.35 bits per heavy atom. The minimum atomic E-state index is -0.0355. The van der Waals surface area contributed by atoms with Gasteiger partial charge in [0.05, 0.1) is 0 Å². The minimum Gasteiger partial charge on any atom is -0.352 e. The number of hydrogen-bond donors (Lipinski definition) is 1. The van der Waals surface area contributed by atoms with E-state index in [2.05, 4.69) is 37.4 Å². The normalized spacial score (nSPS) is 10.8. The predicted octanol–water partition coefficient (Wildman–Crippen LogP) is 1.64. The van der Waals surface area contributed by atoms with Gasteiger partial charge >= 0.3 is 0 Å². The molecule has 1 N–H and O–H groups in total. The highest BCUT2D eigenvalue weighted by atomic mass is 16.5. The first-order chi connectivity index (χ1) is 12.8. The Hall–Kier alpha value is -3.10. The fourth-order valence-electron chi connectivity index (χ4n) is 2.49. The van der Waals surface area contributed by atoms with E-state index >= 15 is 0 Å². The molecule has 0 fully saturated rings. The molecule has 0 aliphatic heterocycles. The van der Waals surface area contributed by atoms with E-state index in [1.54, 1.807) is 17.2 Å². The van der Waals surface area contributed by atoms with E-state index in [0.717, 1.165) is 24.2 Å². The van der Waals surface area contributed by atoms with Crippen LogP contribution in [0, 0.1) is 0 Å². The van der Waals surface area contributed by atoms with Crippen LogP contribution in [-0.2, 0) is 24.2 Å². The van der Waals surface area contributed by atoms with Gasteiger partial charge in [0, 0.05) is 37.6 Å². The Bertz CT molecular complexity index is 829. The van der Waals surface area contributed by atoms with E-state index in [0.29, 0.717) is 37.5 Å². The maximum absolute atomic E-state index is 12.1. The van der Waals surface area contributed by atoms with Gasteiger partial charge in [0.2, 0.25) is 11.8 Å². The molecule has 0 aromatic carbocycles. The molecule has 0 bridgehead atoms. The maximum Gasteiger partial charge on any atom is 0.226 e. The molecule has 3 rings (SSSR count). The highest BCUT2D eigenvalue weighted by Crippen LogP contribution is 2.10. The second-order valence-corrected chi connectivity index (χ2v) is 5.81. The van der Waals surface area contributed by atoms with E-state index < -0.39 is 0 Å². The molecule has 0 saturated carbocycles. The van der Waals surface area contributed by atoms with Crippen LogP contribution in [0.5, 0.6) is 0 Å². The quantitative estimate of drug-likeness (QED) is 0.621. The molecule has 0 spiro atoms. The molecule has 9 nitrogen and oxygen atoms in total. The fraction of sp³-hybridized carbons (Fsp3) is 0.412. The first-order valence-corrected chi connectivity index (χ1v) is 8.63. The number of aryl methyl sites for hydroxylation is 2. The van der Waals surface area contributed by atoms with E-state index in [-0.39, 0.29) is 5.91 Å². The number of carbonyl (C=O) groups is 1. The largest absolute Gasteiger partial charge is 0.352 e. The number of pyridine rings is 1. The van der Waals surface area contributed by atoms with Crippen molar-refractivity contribution in [3.05, 3.63) is 48.3 Å². The lowest BCUT2D eigenvalue weighted by Crippen LogP contribution is -2.23. The molecule has 0 atom stereocenters. The van der Waals surface area contributed by atoms with Crippen molar-refractivity contribution in [2.45, 2.75) is 45.6 Å². The first-order valence-electron chi connectivity index (χ1n) is 8.63. The van der Waals surface area contributed by atoms with Crippen molar-refractivity contribution in [2.75, 3.05) is 0 Å². The summed E-state index contributed by atoms with van der Waals surface area (Å²) < 4.78 is 6.74. The summed E-state index contributed by atoms with van der Waals surface area (Å²) in [5.74, 6) is 1.93. The highest BCUT2D eigenvalue weighted by molar-refractivity contribution is 5.75. The summed E-state index contributed by atoms with van der Waals surface area (Å²) in [5.41, 5.74) is 0.868. The van der Waals surface area contributed by atoms with Gasteiger partial charge in [0.1, 0.15) is 12.7 Å². The maximum atomic E-state index is 12.1. The van der Waals surface area contributed by atoms with E-state index in [9.17, 15) is 4.79 Å². The third-order valence-corrected chi connectivity index (χ3v) is 3.76. The second kappa shape index (κ2) is 8.84. The van der Waals surface area contributed by atoms with Gasteiger partial charge in [-0.25, -0.2) is 14.6 Å². The third-order valence-electron chi connectivity index (χ3n) is 3.76. The summed E-state index contributed by atoms with van der Waals surface area (Å²) in [7, 11) is 0. The molecule has 9 heteroatoms. The summed E-state index contributed by atoms with van der Waals surface area (Å²) in [6.45, 7) is 2.44. The van der Waals surface area contributed by atoms with E-state index in [1.807, 2.05) is 12.1 Å². The van der Waals surface area contributed by atoms with Gasteiger partial charge < -0.3 is 9.84 Å². The van der Waals surface area contributed by atoms with Crippen LogP contribution < -0.4 is 5.32 Å². The zero-order valence-corrected chi connectivity index (χ0v) is 14.6. The van der Waals surface area contributed by atoms with Gasteiger partial charge in [-0.05, 0) is 18.9 Å². The number of rotatable bonds is 9. The summed E-state index contributed by atoms with van der Waals surface area (Å²) in [6, 6.07) is 3.73. The topological polar surface area (TPSA) is 112 Å². The van der Waals surface area contributed by atoms with Crippen LogP contribution in [0.25, 0.3) is 5.82 Å². The Labute approximate surface area is 150 Å². The average Bonchev–Trinajstić information content (AvgIpc) is 3.33. The molecule has 3 heterocycles. The lowest BCUT2D eigenvalue weighted by Gasteiger charge is -2.09. The van der Waals surface area contributed by atoms with E-state index in [4.69, 9.17) is 4.52 Å². The Morgan fingerprint density at radius 3 is 3.08 bits per heavy atom. The molecule has 1 amide bonds. The van der Waals surface area contributed by atoms with Crippen molar-refractivity contribution in [3.63, 3.8) is 0 Å². The molecule has 136 valence electrons. The van der Waals surface area contributed by atoms with E-state index in [1.165, 1.54) is 6.33 Å². The first kappa shape index (κ1) is 17.7. The second-order valence-electron chi connectivity index (χ2n) is 5.81. The molecule has 0 saturated heterocycles. The third kappa shape index (κ3) is 4.71. The van der Waals surface area contributed by atoms with Crippen molar-refractivity contribution in [1.29, 1.82) is 0 Å². The predicted molar refractivity (Wildman–Crippen MR) is 92.2 cm³/mol. The number of aromatic nitrogens is 6. The van der Waals surface area contributed by atoms with Crippen LogP contribution in [0.3, 0.4) is 0 Å². The van der Waals surface area contributed by atoms with Crippen LogP contribution >= 0.6 is 0 Å². The Balaban J connectivity index is 1.46. The number of hydrogen-bond acceptors (Lipinski definition) is 7. The van der Waals surface area contributed by atoms with Gasteiger partial charge in [0.15, 0.2) is 11.6 Å². The van der Waals surface area contributed by atoms with Crippen LogP contribution in [0.2, 0.25) is 0 Å². The van der Waals surface area contributed by atoms with Crippen molar-refractivity contribution in [1.82, 2.24) is 35.2 Å². The van der Waals surface area contributed by atoms with Crippen LogP contribution in [0.1, 0.15) is 43.5 Å². The number of nitrogens with zero attached hydrogens (tertiary/aromatic N) is 6. The molecule has 3 aromatic rings. The molecule has 0 radical (unpaired) electrons. The average molecular weight is 355 g/mol. The summed E-state index contributed by atoms with van der Waals surface area (Å²) in [4.78, 5) is 24.6. The molecular weight excluding hydrogens is 334 g/mol. The number of carbonyl (C=O) groups excluding carboxylic acids is 1. The van der Waals surface area contributed by atoms with Crippen LogP contribution in [-0.4, -0.2) is 35.8 Å². The Kier molecular flexibility index (Phi) is 6.02. The SMILES string of the molecule is CCCc1noc(CCCC(=O)NCc2cccnc2-n2cncn2)n1. The molecular formula is C17H21N7O2.